The molecule has 0 spiro atoms. The van der Waals surface area contributed by atoms with Crippen LogP contribution in [0.25, 0.3) is 0 Å². The van der Waals surface area contributed by atoms with E-state index in [0.717, 1.165) is 6.42 Å². The number of rotatable bonds is 5. The van der Waals surface area contributed by atoms with Gasteiger partial charge >= 0.3 is 5.97 Å². The van der Waals surface area contributed by atoms with E-state index in [1.807, 2.05) is 6.92 Å². The molecule has 2 unspecified atom stereocenters. The Morgan fingerprint density at radius 3 is 2.52 bits per heavy atom. The normalized spacial score (nSPS) is 24.2. The van der Waals surface area contributed by atoms with E-state index in [0.29, 0.717) is 30.4 Å². The number of benzene rings is 1. The summed E-state index contributed by atoms with van der Waals surface area (Å²) in [6.07, 6.45) is 1.34. The third kappa shape index (κ3) is 3.82. The number of anilines is 1. The minimum absolute atomic E-state index is 0.0370. The van der Waals surface area contributed by atoms with Gasteiger partial charge in [0.05, 0.1) is 0 Å². The minimum atomic E-state index is -1.31. The SMILES string of the molecule is CC1CC1C(=O)Nc1cccc(C(=O)NC2(C(=O)O)CCOCC2)c1. The van der Waals surface area contributed by atoms with Gasteiger partial charge in [0.15, 0.2) is 0 Å². The van der Waals surface area contributed by atoms with Gasteiger partial charge in [-0.15, -0.1) is 0 Å². The predicted octanol–water partition coefficient (Wildman–Crippen LogP) is 1.64. The van der Waals surface area contributed by atoms with Crippen LogP contribution in [0, 0.1) is 11.8 Å². The average molecular weight is 346 g/mol. The Labute approximate surface area is 145 Å². The molecule has 1 aliphatic heterocycles. The fraction of sp³-hybridized carbons (Fsp3) is 0.500. The van der Waals surface area contributed by atoms with Gasteiger partial charge in [0.1, 0.15) is 5.54 Å². The second-order valence-electron chi connectivity index (χ2n) is 6.84. The molecule has 1 aromatic carbocycles. The summed E-state index contributed by atoms with van der Waals surface area (Å²) in [5, 5.41) is 15.0. The highest BCUT2D eigenvalue weighted by molar-refractivity contribution is 6.00. The molecule has 2 atom stereocenters. The standard InChI is InChI=1S/C18H22N2O5/c1-11-9-14(11)16(22)19-13-4-2-3-12(10-13)15(21)20-18(17(23)24)5-7-25-8-6-18/h2-4,10-11,14H,5-9H2,1H3,(H,19,22)(H,20,21)(H,23,24). The molecule has 0 aromatic heterocycles. The summed E-state index contributed by atoms with van der Waals surface area (Å²) < 4.78 is 5.20. The number of hydrogen-bond donors (Lipinski definition) is 3. The lowest BCUT2D eigenvalue weighted by Crippen LogP contribution is -2.57. The lowest BCUT2D eigenvalue weighted by molar-refractivity contribution is -0.148. The molecule has 2 aliphatic rings. The fourth-order valence-electron chi connectivity index (χ4n) is 3.06. The number of aliphatic carboxylic acids is 1. The molecule has 1 saturated carbocycles. The van der Waals surface area contributed by atoms with Crippen molar-refractivity contribution in [2.24, 2.45) is 11.8 Å². The highest BCUT2D eigenvalue weighted by atomic mass is 16.5. The quantitative estimate of drug-likeness (QED) is 0.752. The van der Waals surface area contributed by atoms with Crippen LogP contribution in [0.3, 0.4) is 0 Å². The second-order valence-corrected chi connectivity index (χ2v) is 6.84. The van der Waals surface area contributed by atoms with Gasteiger partial charge < -0.3 is 20.5 Å². The van der Waals surface area contributed by atoms with Crippen LogP contribution < -0.4 is 10.6 Å². The summed E-state index contributed by atoms with van der Waals surface area (Å²) in [5.41, 5.74) is -0.459. The largest absolute Gasteiger partial charge is 0.480 e. The van der Waals surface area contributed by atoms with Crippen molar-refractivity contribution < 1.29 is 24.2 Å². The summed E-state index contributed by atoms with van der Waals surface area (Å²) in [6, 6.07) is 6.54. The average Bonchev–Trinajstić information content (AvgIpc) is 3.33. The van der Waals surface area contributed by atoms with Gasteiger partial charge in [-0.2, -0.15) is 0 Å². The second kappa shape index (κ2) is 6.84. The first-order chi connectivity index (χ1) is 11.9. The first-order valence-corrected chi connectivity index (χ1v) is 8.46. The van der Waals surface area contributed by atoms with Crippen molar-refractivity contribution in [3.8, 4) is 0 Å². The molecule has 3 rings (SSSR count). The number of carbonyl (C=O) groups excluding carboxylic acids is 2. The monoisotopic (exact) mass is 346 g/mol. The van der Waals surface area contributed by atoms with E-state index in [2.05, 4.69) is 10.6 Å². The van der Waals surface area contributed by atoms with Crippen LogP contribution in [0.15, 0.2) is 24.3 Å². The van der Waals surface area contributed by atoms with Crippen molar-refractivity contribution >= 4 is 23.5 Å². The van der Waals surface area contributed by atoms with Crippen molar-refractivity contribution in [2.45, 2.75) is 31.7 Å². The van der Waals surface area contributed by atoms with Gasteiger partial charge in [0.25, 0.3) is 5.91 Å². The van der Waals surface area contributed by atoms with E-state index in [9.17, 15) is 19.5 Å². The predicted molar refractivity (Wildman–Crippen MR) is 90.2 cm³/mol. The van der Waals surface area contributed by atoms with Crippen molar-refractivity contribution in [3.05, 3.63) is 29.8 Å². The lowest BCUT2D eigenvalue weighted by atomic mass is 9.89. The Morgan fingerprint density at radius 2 is 1.92 bits per heavy atom. The first kappa shape index (κ1) is 17.4. The Kier molecular flexibility index (Phi) is 4.76. The maximum absolute atomic E-state index is 12.5. The summed E-state index contributed by atoms with van der Waals surface area (Å²) in [4.78, 5) is 36.2. The van der Waals surface area contributed by atoms with Crippen molar-refractivity contribution in [1.82, 2.24) is 5.32 Å². The third-order valence-electron chi connectivity index (χ3n) is 4.95. The molecule has 7 heteroatoms. The number of carboxylic acids is 1. The molecule has 3 N–H and O–H groups in total. The third-order valence-corrected chi connectivity index (χ3v) is 4.95. The zero-order valence-electron chi connectivity index (χ0n) is 14.1. The first-order valence-electron chi connectivity index (χ1n) is 8.46. The topological polar surface area (TPSA) is 105 Å². The molecule has 1 saturated heterocycles. The number of amides is 2. The summed E-state index contributed by atoms with van der Waals surface area (Å²) in [5.74, 6) is -1.14. The zero-order valence-corrected chi connectivity index (χ0v) is 14.1. The zero-order chi connectivity index (χ0) is 18.0. The van der Waals surface area contributed by atoms with Crippen molar-refractivity contribution in [3.63, 3.8) is 0 Å². The molecular weight excluding hydrogens is 324 g/mol. The van der Waals surface area contributed by atoms with Crippen LogP contribution in [0.4, 0.5) is 5.69 Å². The molecular formula is C18H22N2O5. The molecule has 1 aliphatic carbocycles. The minimum Gasteiger partial charge on any atom is -0.480 e. The van der Waals surface area contributed by atoms with Gasteiger partial charge in [-0.1, -0.05) is 13.0 Å². The van der Waals surface area contributed by atoms with Crippen LogP contribution in [0.5, 0.6) is 0 Å². The molecule has 2 fully saturated rings. The fourth-order valence-corrected chi connectivity index (χ4v) is 3.06. The number of carboxylic acid groups (broad SMARTS) is 1. The van der Waals surface area contributed by atoms with Gasteiger partial charge in [-0.05, 0) is 30.5 Å². The molecule has 0 bridgehead atoms. The van der Waals surface area contributed by atoms with Crippen LogP contribution in [0.1, 0.15) is 36.5 Å². The maximum Gasteiger partial charge on any atom is 0.329 e. The van der Waals surface area contributed by atoms with Crippen LogP contribution in [-0.2, 0) is 14.3 Å². The summed E-state index contributed by atoms with van der Waals surface area (Å²) in [7, 11) is 0. The van der Waals surface area contributed by atoms with Crippen LogP contribution >= 0.6 is 0 Å². The van der Waals surface area contributed by atoms with Crippen molar-refractivity contribution in [1.29, 1.82) is 0 Å². The number of nitrogens with one attached hydrogen (secondary N) is 2. The van der Waals surface area contributed by atoms with Crippen LogP contribution in [0.2, 0.25) is 0 Å². The van der Waals surface area contributed by atoms with Crippen LogP contribution in [-0.4, -0.2) is 41.6 Å². The smallest absolute Gasteiger partial charge is 0.329 e. The molecule has 1 aromatic rings. The highest BCUT2D eigenvalue weighted by Crippen LogP contribution is 2.38. The van der Waals surface area contributed by atoms with E-state index in [1.165, 1.54) is 0 Å². The Hall–Kier alpha value is -2.41. The van der Waals surface area contributed by atoms with E-state index in [-0.39, 0.29) is 24.7 Å². The lowest BCUT2D eigenvalue weighted by Gasteiger charge is -2.33. The van der Waals surface area contributed by atoms with Gasteiger partial charge in [0, 0.05) is 43.2 Å². The molecule has 2 amide bonds. The Balaban J connectivity index is 1.70. The van der Waals surface area contributed by atoms with E-state index in [1.54, 1.807) is 24.3 Å². The molecule has 25 heavy (non-hydrogen) atoms. The highest BCUT2D eigenvalue weighted by Gasteiger charge is 2.42. The Morgan fingerprint density at radius 1 is 1.24 bits per heavy atom. The maximum atomic E-state index is 12.5. The van der Waals surface area contributed by atoms with E-state index in [4.69, 9.17) is 4.74 Å². The molecule has 1 heterocycles. The number of ether oxygens (including phenoxy) is 1. The van der Waals surface area contributed by atoms with Crippen molar-refractivity contribution in [2.75, 3.05) is 18.5 Å². The van der Waals surface area contributed by atoms with E-state index >= 15 is 0 Å². The summed E-state index contributed by atoms with van der Waals surface area (Å²) >= 11 is 0. The summed E-state index contributed by atoms with van der Waals surface area (Å²) in [6.45, 7) is 2.61. The number of hydrogen-bond acceptors (Lipinski definition) is 4. The molecule has 0 radical (unpaired) electrons. The van der Waals surface area contributed by atoms with Gasteiger partial charge in [-0.3, -0.25) is 9.59 Å². The van der Waals surface area contributed by atoms with E-state index < -0.39 is 17.4 Å². The molecule has 7 nitrogen and oxygen atoms in total. The number of carbonyl (C=O) groups is 3. The van der Waals surface area contributed by atoms with Gasteiger partial charge in [0.2, 0.25) is 5.91 Å². The van der Waals surface area contributed by atoms with Gasteiger partial charge in [-0.25, -0.2) is 4.79 Å². The molecule has 134 valence electrons. The Bertz CT molecular complexity index is 696.